The van der Waals surface area contributed by atoms with Crippen molar-refractivity contribution in [1.82, 2.24) is 0 Å². The van der Waals surface area contributed by atoms with E-state index in [2.05, 4.69) is 5.32 Å². The number of hydrogen-bond donors (Lipinski definition) is 2. The maximum absolute atomic E-state index is 13.4. The molecule has 0 aliphatic carbocycles. The Morgan fingerprint density at radius 2 is 1.90 bits per heavy atom. The molecule has 1 amide bonds. The molecule has 2 rings (SSSR count). The van der Waals surface area contributed by atoms with E-state index < -0.39 is 17.7 Å². The first-order chi connectivity index (χ1) is 9.79. The largest absolute Gasteiger partial charge is 0.477 e. The number of carboxylic acid groups (broad SMARTS) is 1. The van der Waals surface area contributed by atoms with Gasteiger partial charge in [-0.3, -0.25) is 4.79 Å². The van der Waals surface area contributed by atoms with Crippen molar-refractivity contribution in [3.8, 4) is 0 Å². The third-order valence-corrected chi connectivity index (χ3v) is 4.35. The zero-order valence-electron chi connectivity index (χ0n) is 10.5. The quantitative estimate of drug-likeness (QED) is 0.805. The van der Waals surface area contributed by atoms with Crippen LogP contribution >= 0.6 is 34.5 Å². The summed E-state index contributed by atoms with van der Waals surface area (Å²) in [7, 11) is 0. The molecule has 1 aromatic heterocycles. The highest BCUT2D eigenvalue weighted by Gasteiger charge is 2.17. The molecule has 1 heterocycles. The number of carbonyl (C=O) groups is 2. The molecule has 4 nitrogen and oxygen atoms in total. The Balaban J connectivity index is 2.28. The van der Waals surface area contributed by atoms with Crippen molar-refractivity contribution < 1.29 is 19.1 Å². The molecule has 0 saturated heterocycles. The van der Waals surface area contributed by atoms with E-state index in [-0.39, 0.29) is 20.5 Å². The maximum atomic E-state index is 13.4. The van der Waals surface area contributed by atoms with Gasteiger partial charge in [0.25, 0.3) is 5.91 Å². The van der Waals surface area contributed by atoms with Gasteiger partial charge in [-0.25, -0.2) is 9.18 Å². The van der Waals surface area contributed by atoms with Crippen molar-refractivity contribution in [2.45, 2.75) is 6.92 Å². The lowest BCUT2D eigenvalue weighted by Gasteiger charge is -2.05. The van der Waals surface area contributed by atoms with Crippen LogP contribution in [0.3, 0.4) is 0 Å². The number of thiophene rings is 1. The lowest BCUT2D eigenvalue weighted by Crippen LogP contribution is -2.12. The molecule has 21 heavy (non-hydrogen) atoms. The summed E-state index contributed by atoms with van der Waals surface area (Å²) in [6, 6.07) is 3.58. The number of nitrogens with one attached hydrogen (secondary N) is 1. The van der Waals surface area contributed by atoms with E-state index in [9.17, 15) is 14.0 Å². The van der Waals surface area contributed by atoms with E-state index in [1.165, 1.54) is 6.07 Å². The van der Waals surface area contributed by atoms with Gasteiger partial charge in [0.15, 0.2) is 0 Å². The normalized spacial score (nSPS) is 10.5. The molecule has 0 fully saturated rings. The zero-order valence-corrected chi connectivity index (χ0v) is 12.9. The summed E-state index contributed by atoms with van der Waals surface area (Å²) in [4.78, 5) is 23.1. The van der Waals surface area contributed by atoms with Gasteiger partial charge in [-0.1, -0.05) is 23.2 Å². The van der Waals surface area contributed by atoms with Gasteiger partial charge in [0.05, 0.1) is 20.6 Å². The van der Waals surface area contributed by atoms with Crippen molar-refractivity contribution in [1.29, 1.82) is 0 Å². The van der Waals surface area contributed by atoms with Crippen LogP contribution in [0.4, 0.5) is 9.39 Å². The second-order valence-corrected chi connectivity index (χ2v) is 5.99. The number of halogens is 3. The number of aryl methyl sites for hydroxylation is 1. The van der Waals surface area contributed by atoms with Crippen LogP contribution < -0.4 is 5.32 Å². The number of anilines is 1. The Kier molecular flexibility index (Phi) is 4.51. The van der Waals surface area contributed by atoms with E-state index in [0.29, 0.717) is 10.6 Å². The SMILES string of the molecule is Cc1cc(NC(=O)c2cc(F)c(Cl)cc2Cl)sc1C(=O)O. The van der Waals surface area contributed by atoms with Gasteiger partial charge in [-0.2, -0.15) is 0 Å². The Labute approximate surface area is 133 Å². The van der Waals surface area contributed by atoms with E-state index in [4.69, 9.17) is 28.3 Å². The molecule has 0 saturated carbocycles. The van der Waals surface area contributed by atoms with E-state index >= 15 is 0 Å². The van der Waals surface area contributed by atoms with E-state index in [1.807, 2.05) is 0 Å². The van der Waals surface area contributed by atoms with Crippen molar-refractivity contribution in [2.24, 2.45) is 0 Å². The molecule has 2 aromatic rings. The predicted molar refractivity (Wildman–Crippen MR) is 80.4 cm³/mol. The first-order valence-electron chi connectivity index (χ1n) is 5.59. The van der Waals surface area contributed by atoms with Crippen LogP contribution in [0.2, 0.25) is 10.0 Å². The first-order valence-corrected chi connectivity index (χ1v) is 7.16. The Morgan fingerprint density at radius 3 is 2.48 bits per heavy atom. The molecule has 1 aromatic carbocycles. The van der Waals surface area contributed by atoms with Gasteiger partial charge in [0, 0.05) is 0 Å². The van der Waals surface area contributed by atoms with Crippen molar-refractivity contribution in [3.05, 3.63) is 50.1 Å². The number of benzene rings is 1. The summed E-state index contributed by atoms with van der Waals surface area (Å²) < 4.78 is 13.4. The fraction of sp³-hybridized carbons (Fsp3) is 0.0769. The fourth-order valence-electron chi connectivity index (χ4n) is 1.63. The van der Waals surface area contributed by atoms with Crippen LogP contribution in [-0.4, -0.2) is 17.0 Å². The van der Waals surface area contributed by atoms with Crippen LogP contribution in [0.1, 0.15) is 25.6 Å². The molecule has 0 radical (unpaired) electrons. The van der Waals surface area contributed by atoms with Gasteiger partial charge < -0.3 is 10.4 Å². The zero-order chi connectivity index (χ0) is 15.7. The number of hydrogen-bond acceptors (Lipinski definition) is 3. The number of amides is 1. The van der Waals surface area contributed by atoms with E-state index in [1.54, 1.807) is 6.92 Å². The minimum absolute atomic E-state index is 0.00522. The van der Waals surface area contributed by atoms with Gasteiger partial charge >= 0.3 is 5.97 Å². The molecule has 0 spiro atoms. The van der Waals surface area contributed by atoms with Crippen LogP contribution in [-0.2, 0) is 0 Å². The molecule has 0 aliphatic rings. The molecular weight excluding hydrogens is 340 g/mol. The van der Waals surface area contributed by atoms with Gasteiger partial charge in [-0.05, 0) is 30.7 Å². The van der Waals surface area contributed by atoms with Crippen molar-refractivity contribution >= 4 is 51.4 Å². The second kappa shape index (κ2) is 6.01. The first kappa shape index (κ1) is 15.8. The fourth-order valence-corrected chi connectivity index (χ4v) is 3.01. The van der Waals surface area contributed by atoms with Crippen LogP contribution in [0.5, 0.6) is 0 Å². The molecule has 2 N–H and O–H groups in total. The Morgan fingerprint density at radius 1 is 1.24 bits per heavy atom. The second-order valence-electron chi connectivity index (χ2n) is 4.13. The summed E-state index contributed by atoms with van der Waals surface area (Å²) in [5, 5.41) is 11.6. The number of carboxylic acids is 1. The lowest BCUT2D eigenvalue weighted by atomic mass is 10.2. The average molecular weight is 348 g/mol. The average Bonchev–Trinajstić information content (AvgIpc) is 2.74. The van der Waals surface area contributed by atoms with Gasteiger partial charge in [0.1, 0.15) is 10.7 Å². The highest BCUT2D eigenvalue weighted by Crippen LogP contribution is 2.29. The number of carbonyl (C=O) groups excluding carboxylic acids is 1. The van der Waals surface area contributed by atoms with Crippen LogP contribution in [0.25, 0.3) is 0 Å². The monoisotopic (exact) mass is 347 g/mol. The predicted octanol–water partition coefficient (Wildman–Crippen LogP) is 4.45. The highest BCUT2D eigenvalue weighted by molar-refractivity contribution is 7.18. The molecule has 0 aliphatic heterocycles. The molecular formula is C13H8Cl2FNO3S. The summed E-state index contributed by atoms with van der Waals surface area (Å²) in [5.41, 5.74) is 0.442. The molecule has 8 heteroatoms. The van der Waals surface area contributed by atoms with E-state index in [0.717, 1.165) is 23.5 Å². The Bertz CT molecular complexity index is 745. The van der Waals surface area contributed by atoms with Crippen LogP contribution in [0.15, 0.2) is 18.2 Å². The molecule has 0 atom stereocenters. The summed E-state index contributed by atoms with van der Waals surface area (Å²) in [6.45, 7) is 1.62. The van der Waals surface area contributed by atoms with Crippen LogP contribution in [0, 0.1) is 12.7 Å². The minimum atomic E-state index is -1.08. The third-order valence-electron chi connectivity index (χ3n) is 2.60. The number of rotatable bonds is 3. The van der Waals surface area contributed by atoms with Crippen molar-refractivity contribution in [3.63, 3.8) is 0 Å². The summed E-state index contributed by atoms with van der Waals surface area (Å²) in [6.07, 6.45) is 0. The maximum Gasteiger partial charge on any atom is 0.346 e. The Hall–Kier alpha value is -1.63. The van der Waals surface area contributed by atoms with Gasteiger partial charge in [-0.15, -0.1) is 11.3 Å². The molecule has 110 valence electrons. The summed E-state index contributed by atoms with van der Waals surface area (Å²) >= 11 is 12.3. The van der Waals surface area contributed by atoms with Crippen molar-refractivity contribution in [2.75, 3.05) is 5.32 Å². The smallest absolute Gasteiger partial charge is 0.346 e. The highest BCUT2D eigenvalue weighted by atomic mass is 35.5. The lowest BCUT2D eigenvalue weighted by molar-refractivity contribution is 0.0701. The number of aromatic carboxylic acids is 1. The van der Waals surface area contributed by atoms with Gasteiger partial charge in [0.2, 0.25) is 0 Å². The topological polar surface area (TPSA) is 66.4 Å². The summed E-state index contributed by atoms with van der Waals surface area (Å²) in [5.74, 6) is -2.48. The third kappa shape index (κ3) is 3.34. The minimum Gasteiger partial charge on any atom is -0.477 e. The molecule has 0 unspecified atom stereocenters. The molecule has 0 bridgehead atoms. The standard InChI is InChI=1S/C13H8Cl2FNO3S/c1-5-2-10(21-11(5)13(19)20)17-12(18)6-3-9(16)8(15)4-7(6)14/h2-4H,1H3,(H,17,18)(H,19,20).